The molecule has 0 aromatic heterocycles. The average molecular weight is 431 g/mol. The van der Waals surface area contributed by atoms with Crippen molar-refractivity contribution in [1.82, 2.24) is 4.90 Å². The van der Waals surface area contributed by atoms with Gasteiger partial charge in [0.1, 0.15) is 17.2 Å². The van der Waals surface area contributed by atoms with Crippen molar-refractivity contribution < 1.29 is 34.8 Å². The molecule has 0 unspecified atom stereocenters. The maximum Gasteiger partial charge on any atom is 0.227 e. The number of hydrogen-bond donors (Lipinski definition) is 4. The lowest BCUT2D eigenvalue weighted by atomic mass is 9.89. The zero-order valence-electron chi connectivity index (χ0n) is 17.8. The number of phenolic OH excluding ortho intramolecular Hbond substituents is 2. The normalized spacial score (nSPS) is 10.7. The van der Waals surface area contributed by atoms with Gasteiger partial charge in [-0.05, 0) is 48.2 Å². The van der Waals surface area contributed by atoms with Crippen molar-refractivity contribution in [1.29, 1.82) is 0 Å². The summed E-state index contributed by atoms with van der Waals surface area (Å²) < 4.78 is 5.11. The third-order valence-corrected chi connectivity index (χ3v) is 5.07. The quantitative estimate of drug-likeness (QED) is 0.398. The summed E-state index contributed by atoms with van der Waals surface area (Å²) in [5.74, 6) is -0.909. The van der Waals surface area contributed by atoms with Crippen molar-refractivity contribution in [2.45, 2.75) is 26.2 Å². The largest absolute Gasteiger partial charge is 0.508 e. The number of carbonyl (C=O) groups is 2. The molecule has 0 aliphatic heterocycles. The highest BCUT2D eigenvalue weighted by Gasteiger charge is 2.26. The van der Waals surface area contributed by atoms with Crippen LogP contribution in [0, 0.1) is 0 Å². The van der Waals surface area contributed by atoms with Crippen LogP contribution in [0.25, 0.3) is 0 Å². The van der Waals surface area contributed by atoms with Gasteiger partial charge in [-0.25, -0.2) is 0 Å². The Balaban J connectivity index is 2.51. The minimum absolute atomic E-state index is 0.0423. The van der Waals surface area contributed by atoms with Gasteiger partial charge in [-0.2, -0.15) is 0 Å². The van der Waals surface area contributed by atoms with Crippen LogP contribution in [0.15, 0.2) is 30.3 Å². The Labute approximate surface area is 181 Å². The fourth-order valence-electron chi connectivity index (χ4n) is 3.49. The van der Waals surface area contributed by atoms with Crippen molar-refractivity contribution in [3.05, 3.63) is 52.6 Å². The van der Waals surface area contributed by atoms with Gasteiger partial charge in [0.2, 0.25) is 5.91 Å². The molecule has 168 valence electrons. The minimum atomic E-state index is -0.485. The highest BCUT2D eigenvalue weighted by molar-refractivity contribution is 6.12. The molecule has 8 heteroatoms. The highest BCUT2D eigenvalue weighted by atomic mass is 16.5. The van der Waals surface area contributed by atoms with E-state index in [4.69, 9.17) is 9.84 Å². The van der Waals surface area contributed by atoms with Gasteiger partial charge in [-0.1, -0.05) is 6.92 Å². The van der Waals surface area contributed by atoms with Crippen LogP contribution in [0.5, 0.6) is 17.2 Å². The Morgan fingerprint density at radius 1 is 0.968 bits per heavy atom. The maximum atomic E-state index is 13.2. The number of ether oxygens (including phenoxy) is 1. The van der Waals surface area contributed by atoms with Gasteiger partial charge in [0, 0.05) is 31.3 Å². The Morgan fingerprint density at radius 3 is 2.19 bits per heavy atom. The number of phenols is 2. The molecule has 0 fully saturated rings. The summed E-state index contributed by atoms with van der Waals surface area (Å²) in [7, 11) is 1.51. The second-order valence-electron chi connectivity index (χ2n) is 7.02. The van der Waals surface area contributed by atoms with Gasteiger partial charge >= 0.3 is 0 Å². The summed E-state index contributed by atoms with van der Waals surface area (Å²) >= 11 is 0. The molecule has 0 atom stereocenters. The van der Waals surface area contributed by atoms with Gasteiger partial charge in [0.15, 0.2) is 5.78 Å². The molecular formula is C23H29NO7. The molecule has 0 heterocycles. The molecule has 0 spiro atoms. The van der Waals surface area contributed by atoms with Crippen LogP contribution in [-0.4, -0.2) is 70.4 Å². The number of nitrogens with zero attached hydrogens (tertiary/aromatic N) is 1. The van der Waals surface area contributed by atoms with E-state index in [2.05, 4.69) is 0 Å². The third kappa shape index (κ3) is 5.74. The Hall–Kier alpha value is -3.10. The first-order chi connectivity index (χ1) is 14.9. The number of hydrogen-bond acceptors (Lipinski definition) is 7. The number of aliphatic hydroxyl groups excluding tert-OH is 2. The molecule has 2 aromatic carbocycles. The minimum Gasteiger partial charge on any atom is -0.508 e. The van der Waals surface area contributed by atoms with Gasteiger partial charge in [-0.15, -0.1) is 0 Å². The van der Waals surface area contributed by atoms with Crippen LogP contribution in [0.1, 0.15) is 40.4 Å². The highest BCUT2D eigenvalue weighted by Crippen LogP contribution is 2.35. The number of amides is 1. The second kappa shape index (κ2) is 11.3. The lowest BCUT2D eigenvalue weighted by Gasteiger charge is -2.23. The molecule has 0 aliphatic carbocycles. The first kappa shape index (κ1) is 24.2. The third-order valence-electron chi connectivity index (χ3n) is 5.07. The molecule has 2 rings (SSSR count). The Morgan fingerprint density at radius 2 is 1.65 bits per heavy atom. The van der Waals surface area contributed by atoms with Crippen LogP contribution in [-0.2, 0) is 17.6 Å². The predicted octanol–water partition coefficient (Wildman–Crippen LogP) is 1.65. The van der Waals surface area contributed by atoms with Gasteiger partial charge < -0.3 is 30.1 Å². The van der Waals surface area contributed by atoms with Crippen molar-refractivity contribution in [3.8, 4) is 17.2 Å². The molecule has 31 heavy (non-hydrogen) atoms. The van der Waals surface area contributed by atoms with E-state index in [0.717, 1.165) is 6.07 Å². The van der Waals surface area contributed by atoms with Gasteiger partial charge in [0.05, 0.1) is 25.7 Å². The smallest absolute Gasteiger partial charge is 0.227 e. The fourth-order valence-corrected chi connectivity index (χ4v) is 3.49. The first-order valence-corrected chi connectivity index (χ1v) is 10.1. The number of aromatic hydroxyl groups is 2. The molecular weight excluding hydrogens is 402 g/mol. The first-order valence-electron chi connectivity index (χ1n) is 10.1. The number of ketones is 1. The molecule has 0 aliphatic rings. The van der Waals surface area contributed by atoms with Crippen molar-refractivity contribution in [2.24, 2.45) is 0 Å². The number of benzene rings is 2. The maximum absolute atomic E-state index is 13.2. The molecule has 0 saturated carbocycles. The SMILES string of the molecule is CCc1c(O)cc(O)c(C(=O)c2ccc(OC)cc2)c1CC(=O)N(CCO)CCCO. The van der Waals surface area contributed by atoms with E-state index >= 15 is 0 Å². The Kier molecular flexibility index (Phi) is 8.84. The van der Waals surface area contributed by atoms with Crippen molar-refractivity contribution >= 4 is 11.7 Å². The van der Waals surface area contributed by atoms with Crippen molar-refractivity contribution in [2.75, 3.05) is 33.4 Å². The molecule has 1 amide bonds. The number of methoxy groups -OCH3 is 1. The lowest BCUT2D eigenvalue weighted by molar-refractivity contribution is -0.131. The molecule has 0 radical (unpaired) electrons. The van der Waals surface area contributed by atoms with E-state index in [9.17, 15) is 24.9 Å². The topological polar surface area (TPSA) is 128 Å². The zero-order chi connectivity index (χ0) is 23.0. The van der Waals surface area contributed by atoms with E-state index < -0.39 is 11.5 Å². The van der Waals surface area contributed by atoms with E-state index in [1.165, 1.54) is 12.0 Å². The molecule has 4 N–H and O–H groups in total. The molecule has 0 bridgehead atoms. The average Bonchev–Trinajstić information content (AvgIpc) is 2.76. The summed E-state index contributed by atoms with van der Waals surface area (Å²) in [4.78, 5) is 27.6. The molecule has 2 aromatic rings. The van der Waals surface area contributed by atoms with E-state index in [1.807, 2.05) is 0 Å². The summed E-state index contributed by atoms with van der Waals surface area (Å²) in [6, 6.07) is 7.47. The summed E-state index contributed by atoms with van der Waals surface area (Å²) in [6.45, 7) is 1.74. The predicted molar refractivity (Wildman–Crippen MR) is 115 cm³/mol. The molecule has 0 saturated heterocycles. The van der Waals surface area contributed by atoms with Gasteiger partial charge in [0.25, 0.3) is 0 Å². The number of aliphatic hydroxyl groups is 2. The van der Waals surface area contributed by atoms with Crippen LogP contribution in [0.2, 0.25) is 0 Å². The van der Waals surface area contributed by atoms with E-state index in [0.29, 0.717) is 29.7 Å². The van der Waals surface area contributed by atoms with Crippen LogP contribution in [0.3, 0.4) is 0 Å². The van der Waals surface area contributed by atoms with Crippen LogP contribution in [0.4, 0.5) is 0 Å². The summed E-state index contributed by atoms with van der Waals surface area (Å²) in [5.41, 5.74) is 0.899. The van der Waals surface area contributed by atoms with Gasteiger partial charge in [-0.3, -0.25) is 9.59 Å². The monoisotopic (exact) mass is 431 g/mol. The van der Waals surface area contributed by atoms with Crippen molar-refractivity contribution in [3.63, 3.8) is 0 Å². The second-order valence-corrected chi connectivity index (χ2v) is 7.02. The number of carbonyl (C=O) groups excluding carboxylic acids is 2. The van der Waals surface area contributed by atoms with E-state index in [1.54, 1.807) is 31.2 Å². The van der Waals surface area contributed by atoms with E-state index in [-0.39, 0.29) is 55.5 Å². The Bertz CT molecular complexity index is 909. The lowest BCUT2D eigenvalue weighted by Crippen LogP contribution is -2.36. The van der Waals surface area contributed by atoms with Crippen LogP contribution >= 0.6 is 0 Å². The summed E-state index contributed by atoms with van der Waals surface area (Å²) in [6.07, 6.45) is 0.442. The van der Waals surface area contributed by atoms with Crippen LogP contribution < -0.4 is 4.74 Å². The standard InChI is InChI=1S/C23H29NO7/c1-3-17-18(13-21(29)24(10-12-26)9-4-11-25)22(20(28)14-19(17)27)23(30)15-5-7-16(31-2)8-6-15/h5-8,14,25-28H,3-4,9-13H2,1-2H3. The zero-order valence-corrected chi connectivity index (χ0v) is 17.8. The summed E-state index contributed by atoms with van der Waals surface area (Å²) in [5, 5.41) is 39.2. The number of rotatable bonds is 11. The fraction of sp³-hybridized carbons (Fsp3) is 0.391. The molecule has 8 nitrogen and oxygen atoms in total.